The molecule has 2 aliphatic rings. The van der Waals surface area contributed by atoms with Crippen LogP contribution in [0.4, 0.5) is 0 Å². The summed E-state index contributed by atoms with van der Waals surface area (Å²) in [6.07, 6.45) is 6.61. The lowest BCUT2D eigenvalue weighted by atomic mass is 9.92. The van der Waals surface area contributed by atoms with Gasteiger partial charge < -0.3 is 9.80 Å². The van der Waals surface area contributed by atoms with E-state index in [0.29, 0.717) is 13.0 Å². The SMILES string of the molecule is CCCCCC(=O)N(CC(=O)N1CCc2sccc2C1c1ccc(C)cc1)C1CC1. The number of fused-ring (bicyclic) bond motifs is 1. The van der Waals surface area contributed by atoms with Crippen LogP contribution in [0.25, 0.3) is 0 Å². The van der Waals surface area contributed by atoms with Gasteiger partial charge in [-0.25, -0.2) is 0 Å². The molecule has 0 N–H and O–H groups in total. The molecule has 0 bridgehead atoms. The first kappa shape index (κ1) is 21.1. The number of carbonyl (C=O) groups is 2. The second-order valence-corrected chi connectivity index (χ2v) is 9.66. The summed E-state index contributed by atoms with van der Waals surface area (Å²) >= 11 is 1.78. The van der Waals surface area contributed by atoms with Gasteiger partial charge in [-0.2, -0.15) is 0 Å². The monoisotopic (exact) mass is 424 g/mol. The van der Waals surface area contributed by atoms with Crippen molar-refractivity contribution in [3.8, 4) is 0 Å². The number of rotatable bonds is 8. The van der Waals surface area contributed by atoms with Crippen molar-refractivity contribution in [3.63, 3.8) is 0 Å². The molecule has 1 aromatic heterocycles. The first-order valence-electron chi connectivity index (χ1n) is 11.3. The fraction of sp³-hybridized carbons (Fsp3) is 0.520. The summed E-state index contributed by atoms with van der Waals surface area (Å²) in [4.78, 5) is 31.6. The molecule has 1 aliphatic carbocycles. The highest BCUT2D eigenvalue weighted by Crippen LogP contribution is 2.38. The van der Waals surface area contributed by atoms with Crippen molar-refractivity contribution in [2.75, 3.05) is 13.1 Å². The fourth-order valence-corrected chi connectivity index (χ4v) is 5.31. The van der Waals surface area contributed by atoms with E-state index < -0.39 is 0 Å². The smallest absolute Gasteiger partial charge is 0.243 e. The van der Waals surface area contributed by atoms with Gasteiger partial charge in [0.05, 0.1) is 6.04 Å². The van der Waals surface area contributed by atoms with E-state index in [9.17, 15) is 9.59 Å². The van der Waals surface area contributed by atoms with E-state index in [1.807, 2.05) is 9.80 Å². The summed E-state index contributed by atoms with van der Waals surface area (Å²) in [5.74, 6) is 0.229. The summed E-state index contributed by atoms with van der Waals surface area (Å²) in [5.41, 5.74) is 3.62. The van der Waals surface area contributed by atoms with Crippen LogP contribution in [0.5, 0.6) is 0 Å². The van der Waals surface area contributed by atoms with Crippen molar-refractivity contribution in [1.29, 1.82) is 0 Å². The molecule has 1 atom stereocenters. The van der Waals surface area contributed by atoms with E-state index in [1.165, 1.54) is 16.0 Å². The average Bonchev–Trinajstić information content (AvgIpc) is 3.47. The highest BCUT2D eigenvalue weighted by atomic mass is 32.1. The van der Waals surface area contributed by atoms with Gasteiger partial charge in [-0.1, -0.05) is 49.6 Å². The third-order valence-electron chi connectivity index (χ3n) is 6.29. The van der Waals surface area contributed by atoms with Gasteiger partial charge in [-0.3, -0.25) is 9.59 Å². The van der Waals surface area contributed by atoms with Crippen LogP contribution in [0.2, 0.25) is 0 Å². The van der Waals surface area contributed by atoms with Crippen LogP contribution in [-0.4, -0.2) is 40.7 Å². The van der Waals surface area contributed by atoms with E-state index in [0.717, 1.165) is 44.1 Å². The van der Waals surface area contributed by atoms with Crippen LogP contribution in [0, 0.1) is 6.92 Å². The molecule has 1 fully saturated rings. The molecule has 4 nitrogen and oxygen atoms in total. The lowest BCUT2D eigenvalue weighted by Crippen LogP contribution is -2.47. The van der Waals surface area contributed by atoms with Crippen molar-refractivity contribution in [2.45, 2.75) is 70.9 Å². The number of carbonyl (C=O) groups excluding carboxylic acids is 2. The standard InChI is InChI=1S/C25H32N2O2S/c1-3-4-5-6-23(28)27(20-11-12-20)17-24(29)26-15-13-22-21(14-16-30-22)25(26)19-9-7-18(2)8-10-19/h7-10,14,16,20,25H,3-6,11-13,15,17H2,1-2H3. The van der Waals surface area contributed by atoms with E-state index >= 15 is 0 Å². The molecule has 30 heavy (non-hydrogen) atoms. The van der Waals surface area contributed by atoms with E-state index in [-0.39, 0.29) is 30.4 Å². The third kappa shape index (κ3) is 4.61. The average molecular weight is 425 g/mol. The number of amides is 2. The molecule has 1 aliphatic heterocycles. The number of nitrogens with zero attached hydrogens (tertiary/aromatic N) is 2. The van der Waals surface area contributed by atoms with Crippen molar-refractivity contribution in [1.82, 2.24) is 9.80 Å². The van der Waals surface area contributed by atoms with Gasteiger partial charge in [-0.15, -0.1) is 11.3 Å². The van der Waals surface area contributed by atoms with E-state index in [4.69, 9.17) is 0 Å². The topological polar surface area (TPSA) is 40.6 Å². The van der Waals surface area contributed by atoms with Crippen molar-refractivity contribution in [2.24, 2.45) is 0 Å². The molecule has 4 rings (SSSR count). The summed E-state index contributed by atoms with van der Waals surface area (Å²) in [7, 11) is 0. The first-order chi connectivity index (χ1) is 14.6. The molecule has 1 saturated carbocycles. The van der Waals surface area contributed by atoms with Crippen molar-refractivity contribution >= 4 is 23.2 Å². The lowest BCUT2D eigenvalue weighted by Gasteiger charge is -2.37. The van der Waals surface area contributed by atoms with E-state index in [2.05, 4.69) is 49.6 Å². The second-order valence-electron chi connectivity index (χ2n) is 8.66. The lowest BCUT2D eigenvalue weighted by molar-refractivity contribution is -0.142. The Morgan fingerprint density at radius 2 is 1.90 bits per heavy atom. The zero-order chi connectivity index (χ0) is 21.1. The summed E-state index contributed by atoms with van der Waals surface area (Å²) < 4.78 is 0. The molecule has 5 heteroatoms. The molecule has 2 aromatic rings. The molecule has 1 aromatic carbocycles. The highest BCUT2D eigenvalue weighted by Gasteiger charge is 2.37. The Morgan fingerprint density at radius 3 is 2.60 bits per heavy atom. The van der Waals surface area contributed by atoms with Crippen LogP contribution < -0.4 is 0 Å². The molecule has 1 unspecified atom stereocenters. The summed E-state index contributed by atoms with van der Waals surface area (Å²) in [6.45, 7) is 5.17. The van der Waals surface area contributed by atoms with E-state index in [1.54, 1.807) is 11.3 Å². The van der Waals surface area contributed by atoms with Gasteiger partial charge in [-0.05, 0) is 55.2 Å². The van der Waals surface area contributed by atoms with Gasteiger partial charge in [0.2, 0.25) is 11.8 Å². The molecule has 2 heterocycles. The molecular weight excluding hydrogens is 392 g/mol. The predicted octanol–water partition coefficient (Wildman–Crippen LogP) is 5.10. The Morgan fingerprint density at radius 1 is 1.13 bits per heavy atom. The molecule has 2 amide bonds. The zero-order valence-corrected chi connectivity index (χ0v) is 18.9. The minimum atomic E-state index is -0.0515. The quantitative estimate of drug-likeness (QED) is 0.553. The minimum absolute atomic E-state index is 0.0515. The number of aryl methyl sites for hydroxylation is 1. The normalized spacial score (nSPS) is 18.2. The van der Waals surface area contributed by atoms with Crippen LogP contribution in [-0.2, 0) is 16.0 Å². The third-order valence-corrected chi connectivity index (χ3v) is 7.28. The van der Waals surface area contributed by atoms with Crippen molar-refractivity contribution in [3.05, 3.63) is 57.3 Å². The van der Waals surface area contributed by atoms with Crippen LogP contribution in [0.15, 0.2) is 35.7 Å². The van der Waals surface area contributed by atoms with Gasteiger partial charge in [0, 0.05) is 23.9 Å². The maximum atomic E-state index is 13.5. The minimum Gasteiger partial charge on any atom is -0.330 e. The second kappa shape index (κ2) is 9.34. The Balaban J connectivity index is 1.54. The summed E-state index contributed by atoms with van der Waals surface area (Å²) in [6, 6.07) is 10.9. The predicted molar refractivity (Wildman–Crippen MR) is 122 cm³/mol. The van der Waals surface area contributed by atoms with Gasteiger partial charge in [0.1, 0.15) is 6.54 Å². The number of hydrogen-bond acceptors (Lipinski definition) is 3. The fourth-order valence-electron chi connectivity index (χ4n) is 4.41. The maximum absolute atomic E-state index is 13.5. The molecule has 0 saturated heterocycles. The number of thiophene rings is 1. The highest BCUT2D eigenvalue weighted by molar-refractivity contribution is 7.10. The number of benzene rings is 1. The van der Waals surface area contributed by atoms with Crippen molar-refractivity contribution < 1.29 is 9.59 Å². The van der Waals surface area contributed by atoms with Gasteiger partial charge in [0.15, 0.2) is 0 Å². The maximum Gasteiger partial charge on any atom is 0.243 e. The summed E-state index contributed by atoms with van der Waals surface area (Å²) in [5, 5.41) is 2.13. The Bertz CT molecular complexity index is 885. The van der Waals surface area contributed by atoms with Crippen LogP contribution in [0.1, 0.15) is 73.1 Å². The number of unbranched alkanes of at least 4 members (excludes halogenated alkanes) is 2. The molecule has 160 valence electrons. The number of hydrogen-bond donors (Lipinski definition) is 0. The zero-order valence-electron chi connectivity index (χ0n) is 18.1. The van der Waals surface area contributed by atoms with Gasteiger partial charge >= 0.3 is 0 Å². The molecule has 0 radical (unpaired) electrons. The largest absolute Gasteiger partial charge is 0.330 e. The Kier molecular flexibility index (Phi) is 6.57. The Hall–Kier alpha value is -2.14. The van der Waals surface area contributed by atoms with Crippen LogP contribution >= 0.6 is 11.3 Å². The first-order valence-corrected chi connectivity index (χ1v) is 12.2. The van der Waals surface area contributed by atoms with Crippen LogP contribution in [0.3, 0.4) is 0 Å². The Labute approximate surface area is 183 Å². The molecule has 0 spiro atoms. The van der Waals surface area contributed by atoms with Gasteiger partial charge in [0.25, 0.3) is 0 Å². The molecular formula is C25H32N2O2S.